The molecule has 0 unspecified atom stereocenters. The molecule has 1 fully saturated rings. The normalized spacial score (nSPS) is 14.4. The highest BCUT2D eigenvalue weighted by molar-refractivity contribution is 5.58. The molecule has 2 aromatic rings. The van der Waals surface area contributed by atoms with E-state index in [0.717, 1.165) is 17.9 Å². The molecular formula is C16H23N5O. The second-order valence-electron chi connectivity index (χ2n) is 6.29. The Morgan fingerprint density at radius 2 is 2.14 bits per heavy atom. The second-order valence-corrected chi connectivity index (χ2v) is 6.29. The summed E-state index contributed by atoms with van der Waals surface area (Å²) in [6.07, 6.45) is 4.35. The summed E-state index contributed by atoms with van der Waals surface area (Å²) >= 11 is 0. The van der Waals surface area contributed by atoms with E-state index in [0.29, 0.717) is 23.7 Å². The number of aromatic nitrogens is 4. The quantitative estimate of drug-likeness (QED) is 0.887. The minimum atomic E-state index is 0.558. The van der Waals surface area contributed by atoms with Crippen molar-refractivity contribution in [2.75, 3.05) is 12.4 Å². The third kappa shape index (κ3) is 3.21. The van der Waals surface area contributed by atoms with Gasteiger partial charge in [-0.25, -0.2) is 4.98 Å². The summed E-state index contributed by atoms with van der Waals surface area (Å²) in [4.78, 5) is 8.79. The smallest absolute Gasteiger partial charge is 0.230 e. The van der Waals surface area contributed by atoms with E-state index in [1.165, 1.54) is 18.5 Å². The first-order valence-corrected chi connectivity index (χ1v) is 7.79. The Labute approximate surface area is 130 Å². The molecule has 0 saturated heterocycles. The number of nitrogens with zero attached hydrogens (tertiary/aromatic N) is 4. The van der Waals surface area contributed by atoms with Crippen LogP contribution in [0, 0.1) is 12.8 Å². The summed E-state index contributed by atoms with van der Waals surface area (Å²) in [6.45, 7) is 7.28. The number of methoxy groups -OCH3 is 1. The second kappa shape index (κ2) is 5.94. The summed E-state index contributed by atoms with van der Waals surface area (Å²) in [6, 6.07) is 1.81. The summed E-state index contributed by atoms with van der Waals surface area (Å²) in [7, 11) is 1.61. The molecule has 0 aromatic carbocycles. The number of nitrogens with one attached hydrogen (secondary N) is 1. The molecule has 0 atom stereocenters. The molecule has 6 heteroatoms. The SMILES string of the molecule is COc1cc(C)nc(Nc2cnn(CC(C)C)c2C2CC2)n1. The minimum absolute atomic E-state index is 0.558. The lowest BCUT2D eigenvalue weighted by atomic mass is 10.2. The molecule has 1 aliphatic rings. The van der Waals surface area contributed by atoms with Crippen LogP contribution >= 0.6 is 0 Å². The maximum absolute atomic E-state index is 5.21. The van der Waals surface area contributed by atoms with E-state index in [2.05, 4.69) is 38.9 Å². The Balaban J connectivity index is 1.89. The van der Waals surface area contributed by atoms with E-state index in [9.17, 15) is 0 Å². The van der Waals surface area contributed by atoms with Crippen LogP contribution in [0.25, 0.3) is 0 Å². The summed E-state index contributed by atoms with van der Waals surface area (Å²) in [5.41, 5.74) is 3.16. The van der Waals surface area contributed by atoms with Crippen molar-refractivity contribution in [2.24, 2.45) is 5.92 Å². The number of aryl methyl sites for hydroxylation is 1. The van der Waals surface area contributed by atoms with Crippen LogP contribution in [0.2, 0.25) is 0 Å². The third-order valence-corrected chi connectivity index (χ3v) is 3.67. The van der Waals surface area contributed by atoms with Gasteiger partial charge in [0.15, 0.2) is 0 Å². The molecule has 1 aliphatic carbocycles. The van der Waals surface area contributed by atoms with Gasteiger partial charge < -0.3 is 10.1 Å². The van der Waals surface area contributed by atoms with Crippen molar-refractivity contribution in [3.05, 3.63) is 23.7 Å². The maximum Gasteiger partial charge on any atom is 0.230 e. The largest absolute Gasteiger partial charge is 0.481 e. The molecule has 1 saturated carbocycles. The van der Waals surface area contributed by atoms with Crippen LogP contribution in [-0.2, 0) is 6.54 Å². The van der Waals surface area contributed by atoms with E-state index in [1.807, 2.05) is 19.2 Å². The molecule has 6 nitrogen and oxygen atoms in total. The predicted molar refractivity (Wildman–Crippen MR) is 85.6 cm³/mol. The Morgan fingerprint density at radius 3 is 2.77 bits per heavy atom. The van der Waals surface area contributed by atoms with Crippen LogP contribution in [0.3, 0.4) is 0 Å². The lowest BCUT2D eigenvalue weighted by Gasteiger charge is -2.12. The fraction of sp³-hybridized carbons (Fsp3) is 0.562. The fourth-order valence-electron chi connectivity index (χ4n) is 2.59. The molecule has 118 valence electrons. The lowest BCUT2D eigenvalue weighted by molar-refractivity contribution is 0.397. The van der Waals surface area contributed by atoms with Gasteiger partial charge in [0.1, 0.15) is 0 Å². The Hall–Kier alpha value is -2.11. The Kier molecular flexibility index (Phi) is 4.00. The van der Waals surface area contributed by atoms with Gasteiger partial charge in [-0.05, 0) is 25.7 Å². The van der Waals surface area contributed by atoms with Gasteiger partial charge in [0.25, 0.3) is 0 Å². The highest BCUT2D eigenvalue weighted by Crippen LogP contribution is 2.44. The molecule has 0 amide bonds. The maximum atomic E-state index is 5.21. The molecular weight excluding hydrogens is 278 g/mol. The van der Waals surface area contributed by atoms with E-state index in [-0.39, 0.29) is 0 Å². The van der Waals surface area contributed by atoms with Crippen LogP contribution in [0.4, 0.5) is 11.6 Å². The molecule has 0 bridgehead atoms. The number of ether oxygens (including phenoxy) is 1. The van der Waals surface area contributed by atoms with Crippen LogP contribution in [0.15, 0.2) is 12.3 Å². The Morgan fingerprint density at radius 1 is 1.36 bits per heavy atom. The van der Waals surface area contributed by atoms with Gasteiger partial charge >= 0.3 is 0 Å². The first-order valence-electron chi connectivity index (χ1n) is 7.79. The highest BCUT2D eigenvalue weighted by Gasteiger charge is 2.30. The number of anilines is 2. The third-order valence-electron chi connectivity index (χ3n) is 3.67. The fourth-order valence-corrected chi connectivity index (χ4v) is 2.59. The molecule has 0 spiro atoms. The zero-order valence-electron chi connectivity index (χ0n) is 13.6. The van der Waals surface area contributed by atoms with Gasteiger partial charge in [-0.3, -0.25) is 4.68 Å². The Bertz CT molecular complexity index is 661. The van der Waals surface area contributed by atoms with Crippen molar-refractivity contribution in [3.8, 4) is 5.88 Å². The lowest BCUT2D eigenvalue weighted by Crippen LogP contribution is -2.10. The summed E-state index contributed by atoms with van der Waals surface area (Å²) in [5.74, 6) is 2.30. The van der Waals surface area contributed by atoms with Crippen molar-refractivity contribution in [1.82, 2.24) is 19.7 Å². The standard InChI is InChI=1S/C16H23N5O/c1-10(2)9-21-15(12-5-6-12)13(8-17-21)19-16-18-11(3)7-14(20-16)22-4/h7-8,10,12H,5-6,9H2,1-4H3,(H,18,19,20). The van der Waals surface area contributed by atoms with E-state index in [4.69, 9.17) is 4.74 Å². The van der Waals surface area contributed by atoms with Gasteiger partial charge in [-0.1, -0.05) is 13.8 Å². The number of rotatable bonds is 6. The number of hydrogen-bond donors (Lipinski definition) is 1. The molecule has 0 aliphatic heterocycles. The molecule has 1 N–H and O–H groups in total. The van der Waals surface area contributed by atoms with Crippen molar-refractivity contribution in [3.63, 3.8) is 0 Å². The van der Waals surface area contributed by atoms with Gasteiger partial charge in [0.2, 0.25) is 11.8 Å². The molecule has 3 rings (SSSR count). The molecule has 2 heterocycles. The zero-order chi connectivity index (χ0) is 15.7. The van der Waals surface area contributed by atoms with Gasteiger partial charge in [0, 0.05) is 24.2 Å². The summed E-state index contributed by atoms with van der Waals surface area (Å²) < 4.78 is 7.33. The van der Waals surface area contributed by atoms with Gasteiger partial charge in [-0.15, -0.1) is 0 Å². The van der Waals surface area contributed by atoms with Gasteiger partial charge in [0.05, 0.1) is 24.7 Å². The molecule has 2 aromatic heterocycles. The summed E-state index contributed by atoms with van der Waals surface area (Å²) in [5, 5.41) is 7.86. The van der Waals surface area contributed by atoms with Crippen molar-refractivity contribution < 1.29 is 4.74 Å². The van der Waals surface area contributed by atoms with E-state index >= 15 is 0 Å². The minimum Gasteiger partial charge on any atom is -0.481 e. The zero-order valence-corrected chi connectivity index (χ0v) is 13.6. The van der Waals surface area contributed by atoms with Crippen molar-refractivity contribution in [2.45, 2.75) is 46.1 Å². The van der Waals surface area contributed by atoms with Crippen molar-refractivity contribution in [1.29, 1.82) is 0 Å². The topological polar surface area (TPSA) is 64.9 Å². The highest BCUT2D eigenvalue weighted by atomic mass is 16.5. The number of hydrogen-bond acceptors (Lipinski definition) is 5. The first kappa shape index (κ1) is 14.8. The average molecular weight is 301 g/mol. The first-order chi connectivity index (χ1) is 10.6. The van der Waals surface area contributed by atoms with Crippen LogP contribution in [0.5, 0.6) is 5.88 Å². The van der Waals surface area contributed by atoms with Crippen LogP contribution in [0.1, 0.15) is 44.0 Å². The van der Waals surface area contributed by atoms with Crippen molar-refractivity contribution >= 4 is 11.6 Å². The molecule has 22 heavy (non-hydrogen) atoms. The predicted octanol–water partition coefficient (Wildman–Crippen LogP) is 3.27. The van der Waals surface area contributed by atoms with Gasteiger partial charge in [-0.2, -0.15) is 10.1 Å². The van der Waals surface area contributed by atoms with Crippen LogP contribution in [-0.4, -0.2) is 26.9 Å². The van der Waals surface area contributed by atoms with E-state index in [1.54, 1.807) is 7.11 Å². The average Bonchev–Trinajstić information content (AvgIpc) is 3.22. The van der Waals surface area contributed by atoms with Crippen LogP contribution < -0.4 is 10.1 Å². The molecule has 0 radical (unpaired) electrons. The monoisotopic (exact) mass is 301 g/mol. The van der Waals surface area contributed by atoms with E-state index < -0.39 is 0 Å².